The highest BCUT2D eigenvalue weighted by atomic mass is 32.2. The quantitative estimate of drug-likeness (QED) is 0.597. The van der Waals surface area contributed by atoms with E-state index in [-0.39, 0.29) is 18.2 Å². The lowest BCUT2D eigenvalue weighted by molar-refractivity contribution is -0.670. The molecule has 4 rings (SSSR count). The molecule has 0 aliphatic carbocycles. The number of nitrogens with zero attached hydrogens (tertiary/aromatic N) is 3. The van der Waals surface area contributed by atoms with Crippen LogP contribution in [0.5, 0.6) is 0 Å². The van der Waals surface area contributed by atoms with Crippen LogP contribution in [0.1, 0.15) is 24.0 Å². The summed E-state index contributed by atoms with van der Waals surface area (Å²) in [5.74, 6) is -0.703. The Morgan fingerprint density at radius 3 is 2.03 bits per heavy atom. The van der Waals surface area contributed by atoms with Gasteiger partial charge in [-0.1, -0.05) is 24.3 Å². The van der Waals surface area contributed by atoms with Gasteiger partial charge in [-0.2, -0.15) is 12.7 Å². The molecule has 1 saturated heterocycles. The second kappa shape index (κ2) is 8.12. The summed E-state index contributed by atoms with van der Waals surface area (Å²) < 4.78 is 57.5. The van der Waals surface area contributed by atoms with Gasteiger partial charge in [0.2, 0.25) is 0 Å². The van der Waals surface area contributed by atoms with Crippen LogP contribution in [0.15, 0.2) is 72.8 Å². The van der Waals surface area contributed by atoms with Crippen LogP contribution in [0.3, 0.4) is 0 Å². The van der Waals surface area contributed by atoms with Gasteiger partial charge in [-0.25, -0.2) is 13.3 Å². The van der Waals surface area contributed by atoms with E-state index in [4.69, 9.17) is 0 Å². The van der Waals surface area contributed by atoms with E-state index in [1.54, 1.807) is 42.1 Å². The highest BCUT2D eigenvalue weighted by Crippen LogP contribution is 2.32. The summed E-state index contributed by atoms with van der Waals surface area (Å²) in [7, 11) is -1.95. The van der Waals surface area contributed by atoms with E-state index in [1.807, 2.05) is 0 Å². The van der Waals surface area contributed by atoms with E-state index >= 15 is 0 Å². The first-order chi connectivity index (χ1) is 14.3. The van der Waals surface area contributed by atoms with Gasteiger partial charge >= 0.3 is 10.2 Å². The monoisotopic (exact) mass is 430 g/mol. The number of aryl methyl sites for hydroxylation is 1. The van der Waals surface area contributed by atoms with E-state index in [0.717, 1.165) is 22.3 Å². The third kappa shape index (κ3) is 4.06. The van der Waals surface area contributed by atoms with Gasteiger partial charge in [-0.15, -0.1) is 3.97 Å². The van der Waals surface area contributed by atoms with Gasteiger partial charge in [0.25, 0.3) is 6.33 Å². The normalized spacial score (nSPS) is 15.4. The summed E-state index contributed by atoms with van der Waals surface area (Å²) in [6.45, 7) is 0.627. The Balaban J connectivity index is 1.79. The molecule has 0 N–H and O–H groups in total. The van der Waals surface area contributed by atoms with Crippen LogP contribution in [0.25, 0.3) is 5.57 Å². The lowest BCUT2D eigenvalue weighted by Crippen LogP contribution is -2.40. The fourth-order valence-electron chi connectivity index (χ4n) is 3.75. The fourth-order valence-corrected chi connectivity index (χ4v) is 5.17. The molecular weight excluding hydrogens is 408 g/mol. The van der Waals surface area contributed by atoms with Crippen LogP contribution in [0.4, 0.5) is 8.78 Å². The Kier molecular flexibility index (Phi) is 5.53. The fraction of sp³-hybridized carbons (Fsp3) is 0.227. The Hall–Kier alpha value is -2.84. The van der Waals surface area contributed by atoms with Crippen molar-refractivity contribution in [3.63, 3.8) is 0 Å². The summed E-state index contributed by atoms with van der Waals surface area (Å²) in [6, 6.07) is 12.2. The summed E-state index contributed by atoms with van der Waals surface area (Å²) >= 11 is 0. The predicted octanol–water partition coefficient (Wildman–Crippen LogP) is 3.28. The average molecular weight is 431 g/mol. The molecule has 0 atom stereocenters. The van der Waals surface area contributed by atoms with Gasteiger partial charge in [0.05, 0.1) is 7.05 Å². The molecule has 8 heteroatoms. The number of hydrogen-bond donors (Lipinski definition) is 0. The lowest BCUT2D eigenvalue weighted by Gasteiger charge is -2.28. The molecular formula is C22H22F2N3O2S+. The van der Waals surface area contributed by atoms with Gasteiger partial charge in [0.1, 0.15) is 24.0 Å². The number of rotatable bonds is 4. The maximum atomic E-state index is 13.5. The van der Waals surface area contributed by atoms with Crippen LogP contribution in [0.2, 0.25) is 0 Å². The molecule has 3 aromatic rings. The topological polar surface area (TPSA) is 46.2 Å². The predicted molar refractivity (Wildman–Crippen MR) is 110 cm³/mol. The second-order valence-electron chi connectivity index (χ2n) is 7.35. The lowest BCUT2D eigenvalue weighted by atomic mass is 9.89. The Labute approximate surface area is 174 Å². The number of halogens is 2. The summed E-state index contributed by atoms with van der Waals surface area (Å²) in [5, 5.41) is 0. The molecule has 0 amide bonds. The maximum Gasteiger partial charge on any atom is 0.380 e. The van der Waals surface area contributed by atoms with Crippen molar-refractivity contribution < 1.29 is 21.8 Å². The molecule has 1 aromatic heterocycles. The second-order valence-corrected chi connectivity index (χ2v) is 9.18. The van der Waals surface area contributed by atoms with Crippen molar-refractivity contribution in [1.82, 2.24) is 8.28 Å². The van der Waals surface area contributed by atoms with Crippen molar-refractivity contribution in [3.05, 3.63) is 95.6 Å². The van der Waals surface area contributed by atoms with E-state index in [1.165, 1.54) is 45.1 Å². The molecule has 1 aliphatic heterocycles. The van der Waals surface area contributed by atoms with E-state index in [9.17, 15) is 17.2 Å². The standard InChI is InChI=1S/C22H22F2N3O2S/c1-25-13-14-27(16-25)30(28,29)26-12-2-3-19(15-26)22(17-4-8-20(23)9-5-17)18-6-10-21(24)11-7-18/h4-11,13-14,16H,2-3,12,15H2,1H3/q+1. The van der Waals surface area contributed by atoms with Crippen molar-refractivity contribution in [3.8, 4) is 0 Å². The molecule has 0 spiro atoms. The van der Waals surface area contributed by atoms with Crippen molar-refractivity contribution in [2.24, 2.45) is 7.05 Å². The summed E-state index contributed by atoms with van der Waals surface area (Å²) in [6.07, 6.45) is 6.05. The Bertz CT molecular complexity index is 1140. The molecule has 1 fully saturated rings. The Morgan fingerprint density at radius 2 is 1.53 bits per heavy atom. The van der Waals surface area contributed by atoms with Crippen LogP contribution in [0, 0.1) is 11.6 Å². The van der Waals surface area contributed by atoms with Gasteiger partial charge in [0, 0.05) is 13.1 Å². The molecule has 30 heavy (non-hydrogen) atoms. The van der Waals surface area contributed by atoms with Gasteiger partial charge in [0.15, 0.2) is 0 Å². The van der Waals surface area contributed by atoms with Gasteiger partial charge < -0.3 is 0 Å². The van der Waals surface area contributed by atoms with E-state index < -0.39 is 10.2 Å². The van der Waals surface area contributed by atoms with Crippen LogP contribution >= 0.6 is 0 Å². The zero-order valence-electron chi connectivity index (χ0n) is 16.5. The molecule has 0 saturated carbocycles. The maximum absolute atomic E-state index is 13.5. The minimum absolute atomic E-state index is 0.217. The molecule has 1 aliphatic rings. The molecule has 0 unspecified atom stereocenters. The zero-order valence-corrected chi connectivity index (χ0v) is 17.3. The Morgan fingerprint density at radius 1 is 0.967 bits per heavy atom. The van der Waals surface area contributed by atoms with E-state index in [0.29, 0.717) is 19.4 Å². The molecule has 2 aromatic carbocycles. The first-order valence-electron chi connectivity index (χ1n) is 9.62. The molecule has 0 bridgehead atoms. The van der Waals surface area contributed by atoms with Crippen molar-refractivity contribution in [2.75, 3.05) is 13.1 Å². The number of benzene rings is 2. The zero-order chi connectivity index (χ0) is 21.3. The summed E-state index contributed by atoms with van der Waals surface area (Å²) in [4.78, 5) is 0. The number of imidazole rings is 1. The number of piperidine rings is 1. The van der Waals surface area contributed by atoms with Gasteiger partial charge in [-0.05, 0) is 59.4 Å². The van der Waals surface area contributed by atoms with Crippen LogP contribution in [-0.4, -0.2) is 29.8 Å². The van der Waals surface area contributed by atoms with Crippen molar-refractivity contribution >= 4 is 15.8 Å². The minimum atomic E-state index is -3.71. The highest BCUT2D eigenvalue weighted by Gasteiger charge is 2.32. The third-order valence-electron chi connectivity index (χ3n) is 5.21. The smallest absolute Gasteiger partial charge is 0.238 e. The van der Waals surface area contributed by atoms with Gasteiger partial charge in [-0.3, -0.25) is 0 Å². The van der Waals surface area contributed by atoms with Crippen molar-refractivity contribution in [1.29, 1.82) is 0 Å². The first kappa shape index (κ1) is 20.4. The molecule has 5 nitrogen and oxygen atoms in total. The van der Waals surface area contributed by atoms with E-state index in [2.05, 4.69) is 0 Å². The molecule has 0 radical (unpaired) electrons. The minimum Gasteiger partial charge on any atom is -0.238 e. The van der Waals surface area contributed by atoms with Crippen molar-refractivity contribution in [2.45, 2.75) is 12.8 Å². The van der Waals surface area contributed by atoms with Crippen LogP contribution < -0.4 is 4.57 Å². The third-order valence-corrected chi connectivity index (χ3v) is 6.92. The largest absolute Gasteiger partial charge is 0.380 e. The summed E-state index contributed by atoms with van der Waals surface area (Å²) in [5.41, 5.74) is 3.27. The van der Waals surface area contributed by atoms with Crippen LogP contribution in [-0.2, 0) is 17.3 Å². The first-order valence-corrected chi connectivity index (χ1v) is 11.0. The number of hydrogen-bond acceptors (Lipinski definition) is 2. The SMILES string of the molecule is C[n+]1ccn(S(=O)(=O)N2CCCC(=C(c3ccc(F)cc3)c3ccc(F)cc3)C2)c1. The number of aromatic nitrogens is 2. The molecule has 156 valence electrons. The highest BCUT2D eigenvalue weighted by molar-refractivity contribution is 7.87. The average Bonchev–Trinajstić information content (AvgIpc) is 3.18. The molecule has 2 heterocycles.